The molecule has 12 heteroatoms. The first kappa shape index (κ1) is 26.2. The molecule has 0 radical (unpaired) electrons. The Labute approximate surface area is 185 Å². The second-order valence-electron chi connectivity index (χ2n) is 8.91. The molecule has 0 bridgehead atoms. The van der Waals surface area contributed by atoms with Gasteiger partial charge in [-0.15, -0.1) is 0 Å². The molecule has 2 heterocycles. The Morgan fingerprint density at radius 1 is 1.29 bits per heavy atom. The minimum absolute atomic E-state index is 0.00507. The first-order valence-electron chi connectivity index (χ1n) is 10.5. The van der Waals surface area contributed by atoms with Crippen molar-refractivity contribution >= 4 is 22.0 Å². The van der Waals surface area contributed by atoms with Gasteiger partial charge in [-0.25, -0.2) is 9.36 Å². The molecule has 2 rings (SSSR count). The van der Waals surface area contributed by atoms with Crippen molar-refractivity contribution in [3.63, 3.8) is 0 Å². The summed E-state index contributed by atoms with van der Waals surface area (Å²) in [6.45, 7) is 14.7. The van der Waals surface area contributed by atoms with Crippen molar-refractivity contribution in [2.75, 3.05) is 25.6 Å². The minimum atomic E-state index is -3.79. The summed E-state index contributed by atoms with van der Waals surface area (Å²) >= 11 is 0. The van der Waals surface area contributed by atoms with Crippen LogP contribution in [0.2, 0.25) is 18.1 Å². The van der Waals surface area contributed by atoms with E-state index >= 15 is 0 Å². The molecule has 3 atom stereocenters. The molecule has 1 aliphatic rings. The lowest BCUT2D eigenvalue weighted by Crippen LogP contribution is -2.44. The van der Waals surface area contributed by atoms with E-state index in [1.807, 2.05) is 0 Å². The first-order valence-corrected chi connectivity index (χ1v) is 14.9. The van der Waals surface area contributed by atoms with Gasteiger partial charge in [0, 0.05) is 12.6 Å². The number of nitrogen functional groups attached to an aromatic ring is 1. The number of nitrogens with zero attached hydrogens (tertiary/aromatic N) is 2. The molecule has 0 amide bonds. The molecule has 0 aliphatic carbocycles. The van der Waals surface area contributed by atoms with E-state index in [-0.39, 0.29) is 37.1 Å². The van der Waals surface area contributed by atoms with Gasteiger partial charge in [-0.2, -0.15) is 4.98 Å². The highest BCUT2D eigenvalue weighted by atomic mass is 31.2. The summed E-state index contributed by atoms with van der Waals surface area (Å²) in [5, 5.41) is 0.00507. The zero-order chi connectivity index (χ0) is 23.4. The van der Waals surface area contributed by atoms with Crippen molar-refractivity contribution in [2.24, 2.45) is 0 Å². The second kappa shape index (κ2) is 10.2. The van der Waals surface area contributed by atoms with Crippen LogP contribution in [-0.2, 0) is 27.3 Å². The molecule has 1 aromatic heterocycles. The van der Waals surface area contributed by atoms with Crippen LogP contribution in [0, 0.1) is 0 Å². The van der Waals surface area contributed by atoms with Crippen molar-refractivity contribution in [1.29, 1.82) is 0 Å². The third-order valence-corrected chi connectivity index (χ3v) is 11.8. The quantitative estimate of drug-likeness (QED) is 0.397. The van der Waals surface area contributed by atoms with Gasteiger partial charge in [0.15, 0.2) is 8.32 Å². The fourth-order valence-corrected chi connectivity index (χ4v) is 5.26. The minimum Gasteiger partial charge on any atom is -0.414 e. The zero-order valence-corrected chi connectivity index (χ0v) is 21.4. The number of rotatable bonds is 10. The Kier molecular flexibility index (Phi) is 8.65. The molecule has 1 saturated heterocycles. The summed E-state index contributed by atoms with van der Waals surface area (Å²) in [6.07, 6.45) is -0.133. The van der Waals surface area contributed by atoms with E-state index in [9.17, 15) is 9.36 Å². The Balaban J connectivity index is 2.27. The number of nitrogens with two attached hydrogens (primary N) is 1. The molecule has 0 spiro atoms. The van der Waals surface area contributed by atoms with Gasteiger partial charge in [-0.3, -0.25) is 18.1 Å². The molecule has 31 heavy (non-hydrogen) atoms. The normalized spacial score (nSPS) is 22.7. The van der Waals surface area contributed by atoms with Crippen LogP contribution in [0.15, 0.2) is 17.1 Å². The van der Waals surface area contributed by atoms with Gasteiger partial charge in [-0.1, -0.05) is 20.8 Å². The molecule has 0 aromatic carbocycles. The van der Waals surface area contributed by atoms with Gasteiger partial charge in [0.2, 0.25) is 0 Å². The van der Waals surface area contributed by atoms with Crippen LogP contribution in [0.4, 0.5) is 5.82 Å². The van der Waals surface area contributed by atoms with E-state index in [0.29, 0.717) is 0 Å². The van der Waals surface area contributed by atoms with Crippen LogP contribution in [0.3, 0.4) is 0 Å². The van der Waals surface area contributed by atoms with E-state index in [2.05, 4.69) is 38.8 Å². The van der Waals surface area contributed by atoms with E-state index in [0.717, 1.165) is 0 Å². The summed E-state index contributed by atoms with van der Waals surface area (Å²) in [7, 11) is -5.86. The van der Waals surface area contributed by atoms with Gasteiger partial charge in [-0.05, 0) is 38.0 Å². The van der Waals surface area contributed by atoms with Gasteiger partial charge < -0.3 is 14.9 Å². The fourth-order valence-electron chi connectivity index (χ4n) is 2.86. The molecule has 0 unspecified atom stereocenters. The Bertz CT molecular complexity index is 833. The third kappa shape index (κ3) is 6.71. The number of aromatic nitrogens is 2. The van der Waals surface area contributed by atoms with Gasteiger partial charge >= 0.3 is 13.5 Å². The summed E-state index contributed by atoms with van der Waals surface area (Å²) in [4.78, 5) is 16.1. The molecule has 1 aromatic rings. The number of ether oxygens (including phenoxy) is 1. The molecule has 1 aliphatic heterocycles. The Hall–Kier alpha value is -1.07. The Morgan fingerprint density at radius 2 is 1.90 bits per heavy atom. The fraction of sp³-hybridized carbons (Fsp3) is 0.789. The van der Waals surface area contributed by atoms with Crippen molar-refractivity contribution in [1.82, 2.24) is 9.55 Å². The van der Waals surface area contributed by atoms with Crippen molar-refractivity contribution in [3.05, 3.63) is 22.7 Å². The number of anilines is 1. The monoisotopic (exact) mass is 477 g/mol. The lowest BCUT2D eigenvalue weighted by Gasteiger charge is -2.37. The summed E-state index contributed by atoms with van der Waals surface area (Å²) in [6, 6.07) is 1.52. The zero-order valence-electron chi connectivity index (χ0n) is 19.5. The molecule has 1 fully saturated rings. The summed E-state index contributed by atoms with van der Waals surface area (Å²) < 4.78 is 43.1. The van der Waals surface area contributed by atoms with Crippen molar-refractivity contribution in [3.8, 4) is 0 Å². The number of phosphoric acid groups is 1. The van der Waals surface area contributed by atoms with E-state index in [1.54, 1.807) is 13.8 Å². The van der Waals surface area contributed by atoms with E-state index in [4.69, 9.17) is 28.5 Å². The van der Waals surface area contributed by atoms with E-state index < -0.39 is 40.3 Å². The van der Waals surface area contributed by atoms with E-state index in [1.165, 1.54) is 16.8 Å². The van der Waals surface area contributed by atoms with Crippen LogP contribution in [0.25, 0.3) is 0 Å². The van der Waals surface area contributed by atoms with Gasteiger partial charge in [0.1, 0.15) is 24.3 Å². The van der Waals surface area contributed by atoms with Crippen LogP contribution in [0.5, 0.6) is 0 Å². The molecular formula is C19H36N3O7PSi. The predicted octanol–water partition coefficient (Wildman–Crippen LogP) is 3.70. The molecule has 10 nitrogen and oxygen atoms in total. The summed E-state index contributed by atoms with van der Waals surface area (Å²) in [5.74, 6) is 0.127. The number of hydrogen-bond donors (Lipinski definition) is 1. The smallest absolute Gasteiger partial charge is 0.414 e. The lowest BCUT2D eigenvalue weighted by molar-refractivity contribution is -0.0448. The van der Waals surface area contributed by atoms with Crippen LogP contribution >= 0.6 is 7.82 Å². The van der Waals surface area contributed by atoms with Gasteiger partial charge in [0.05, 0.1) is 19.8 Å². The topological polar surface area (TPSA) is 124 Å². The standard InChI is InChI=1S/C19H36N3O7PSi/c1-8-25-30(24,26-9-2)29-14-12-17(22-11-10-16(20)21-18(22)23)28-15(14)13-27-31(6,7)19(3,4)5/h10-11,14-15,17H,8-9,12-13H2,1-7H3,(H2,20,21,23)/t14-,15+,17+/m0/s1. The van der Waals surface area contributed by atoms with Crippen LogP contribution < -0.4 is 11.4 Å². The SMILES string of the molecule is CCOP(=O)(OCC)O[C@H]1C[C@H](n2ccc(N)nc2=O)O[C@@H]1CO[Si](C)(C)C(C)(C)C. The third-order valence-electron chi connectivity index (χ3n) is 5.60. The average molecular weight is 478 g/mol. The maximum absolute atomic E-state index is 13.0. The highest BCUT2D eigenvalue weighted by Gasteiger charge is 2.45. The maximum atomic E-state index is 13.0. The number of phosphoric ester groups is 1. The maximum Gasteiger partial charge on any atom is 0.475 e. The predicted molar refractivity (Wildman–Crippen MR) is 120 cm³/mol. The molecule has 178 valence electrons. The average Bonchev–Trinajstić information content (AvgIpc) is 3.01. The second-order valence-corrected chi connectivity index (χ2v) is 15.3. The first-order chi connectivity index (χ1) is 14.3. The molecule has 2 N–H and O–H groups in total. The Morgan fingerprint density at radius 3 is 2.42 bits per heavy atom. The summed E-state index contributed by atoms with van der Waals surface area (Å²) in [5.41, 5.74) is 5.06. The largest absolute Gasteiger partial charge is 0.475 e. The van der Waals surface area contributed by atoms with Crippen molar-refractivity contribution in [2.45, 2.75) is 77.6 Å². The van der Waals surface area contributed by atoms with Crippen LogP contribution in [-0.4, -0.2) is 49.9 Å². The molecular weight excluding hydrogens is 441 g/mol. The highest BCUT2D eigenvalue weighted by Crippen LogP contribution is 2.53. The lowest BCUT2D eigenvalue weighted by atomic mass is 10.2. The highest BCUT2D eigenvalue weighted by molar-refractivity contribution is 7.48. The van der Waals surface area contributed by atoms with Crippen LogP contribution in [0.1, 0.15) is 47.3 Å². The molecule has 0 saturated carbocycles. The number of hydrogen-bond acceptors (Lipinski definition) is 9. The van der Waals surface area contributed by atoms with Crippen molar-refractivity contribution < 1.29 is 27.3 Å². The van der Waals surface area contributed by atoms with Gasteiger partial charge in [0.25, 0.3) is 0 Å².